The molecule has 2 nitrogen and oxygen atoms in total. The third kappa shape index (κ3) is 2.91. The summed E-state index contributed by atoms with van der Waals surface area (Å²) in [7, 11) is 0. The van der Waals surface area contributed by atoms with Crippen LogP contribution < -0.4 is 5.73 Å². The highest BCUT2D eigenvalue weighted by Crippen LogP contribution is 2.44. The summed E-state index contributed by atoms with van der Waals surface area (Å²) in [6.07, 6.45) is 8.13. The lowest BCUT2D eigenvalue weighted by molar-refractivity contribution is 0.150. The molecule has 1 saturated heterocycles. The van der Waals surface area contributed by atoms with Crippen LogP contribution in [-0.2, 0) is 0 Å². The van der Waals surface area contributed by atoms with Crippen LogP contribution in [0.4, 0.5) is 0 Å². The van der Waals surface area contributed by atoms with E-state index in [9.17, 15) is 0 Å². The number of hydrogen-bond donors (Lipinski definition) is 1. The van der Waals surface area contributed by atoms with E-state index in [4.69, 9.17) is 5.73 Å². The van der Waals surface area contributed by atoms with Gasteiger partial charge in [0.05, 0.1) is 0 Å². The molecule has 0 bridgehead atoms. The lowest BCUT2D eigenvalue weighted by atomic mass is 9.95. The Hall–Kier alpha value is -0.860. The SMILES string of the molecule is CC1CCCCCN1C(CN)c1ccccc1C1CC1. The molecule has 1 aromatic rings. The average molecular weight is 272 g/mol. The zero-order valence-electron chi connectivity index (χ0n) is 12.7. The highest BCUT2D eigenvalue weighted by atomic mass is 15.2. The van der Waals surface area contributed by atoms with Crippen LogP contribution in [0.3, 0.4) is 0 Å². The summed E-state index contributed by atoms with van der Waals surface area (Å²) in [4.78, 5) is 2.67. The number of likely N-dealkylation sites (tertiary alicyclic amines) is 1. The third-order valence-electron chi connectivity index (χ3n) is 5.10. The van der Waals surface area contributed by atoms with E-state index in [1.165, 1.54) is 50.6 Å². The van der Waals surface area contributed by atoms with Gasteiger partial charge in [-0.3, -0.25) is 4.90 Å². The molecule has 1 saturated carbocycles. The van der Waals surface area contributed by atoms with Crippen molar-refractivity contribution in [3.05, 3.63) is 35.4 Å². The van der Waals surface area contributed by atoms with Crippen molar-refractivity contribution < 1.29 is 0 Å². The molecule has 0 spiro atoms. The molecule has 20 heavy (non-hydrogen) atoms. The van der Waals surface area contributed by atoms with E-state index in [2.05, 4.69) is 36.1 Å². The monoisotopic (exact) mass is 272 g/mol. The van der Waals surface area contributed by atoms with Gasteiger partial charge in [0.1, 0.15) is 0 Å². The zero-order valence-corrected chi connectivity index (χ0v) is 12.7. The molecule has 2 aliphatic rings. The Kier molecular flexibility index (Phi) is 4.42. The number of nitrogens with zero attached hydrogens (tertiary/aromatic N) is 1. The van der Waals surface area contributed by atoms with E-state index < -0.39 is 0 Å². The number of hydrogen-bond acceptors (Lipinski definition) is 2. The van der Waals surface area contributed by atoms with E-state index in [0.717, 1.165) is 12.5 Å². The Morgan fingerprint density at radius 2 is 1.95 bits per heavy atom. The number of rotatable bonds is 4. The van der Waals surface area contributed by atoms with Crippen molar-refractivity contribution in [2.45, 2.75) is 63.5 Å². The van der Waals surface area contributed by atoms with Gasteiger partial charge in [0.2, 0.25) is 0 Å². The van der Waals surface area contributed by atoms with Gasteiger partial charge in [-0.25, -0.2) is 0 Å². The number of nitrogens with two attached hydrogens (primary N) is 1. The van der Waals surface area contributed by atoms with Crippen molar-refractivity contribution in [3.63, 3.8) is 0 Å². The predicted molar refractivity (Wildman–Crippen MR) is 84.8 cm³/mol. The molecule has 1 heterocycles. The van der Waals surface area contributed by atoms with Crippen LogP contribution in [0.25, 0.3) is 0 Å². The number of benzene rings is 1. The molecule has 1 aliphatic heterocycles. The fraction of sp³-hybridized carbons (Fsp3) is 0.667. The fourth-order valence-corrected chi connectivity index (χ4v) is 3.78. The molecule has 2 fully saturated rings. The van der Waals surface area contributed by atoms with E-state index in [1.54, 1.807) is 5.56 Å². The van der Waals surface area contributed by atoms with Crippen molar-refractivity contribution in [2.75, 3.05) is 13.1 Å². The summed E-state index contributed by atoms with van der Waals surface area (Å²) in [6, 6.07) is 10.1. The molecule has 2 N–H and O–H groups in total. The Bertz CT molecular complexity index is 439. The van der Waals surface area contributed by atoms with Crippen LogP contribution in [0.15, 0.2) is 24.3 Å². The first-order valence-corrected chi connectivity index (χ1v) is 8.36. The Morgan fingerprint density at radius 3 is 2.70 bits per heavy atom. The minimum Gasteiger partial charge on any atom is -0.329 e. The average Bonchev–Trinajstić information content (AvgIpc) is 3.30. The fourth-order valence-electron chi connectivity index (χ4n) is 3.78. The quantitative estimate of drug-likeness (QED) is 0.902. The first kappa shape index (κ1) is 14.1. The maximum atomic E-state index is 6.20. The zero-order chi connectivity index (χ0) is 13.9. The second kappa shape index (κ2) is 6.28. The summed E-state index contributed by atoms with van der Waals surface area (Å²) in [5.41, 5.74) is 9.27. The molecule has 2 unspecified atom stereocenters. The summed E-state index contributed by atoms with van der Waals surface area (Å²) in [5, 5.41) is 0. The van der Waals surface area contributed by atoms with Crippen LogP contribution in [0.5, 0.6) is 0 Å². The van der Waals surface area contributed by atoms with E-state index in [-0.39, 0.29) is 0 Å². The molecular weight excluding hydrogens is 244 g/mol. The van der Waals surface area contributed by atoms with Crippen molar-refractivity contribution in [1.82, 2.24) is 4.90 Å². The highest BCUT2D eigenvalue weighted by Gasteiger charge is 2.31. The van der Waals surface area contributed by atoms with E-state index in [1.807, 2.05) is 0 Å². The molecule has 0 amide bonds. The lowest BCUT2D eigenvalue weighted by Crippen LogP contribution is -2.40. The van der Waals surface area contributed by atoms with Gasteiger partial charge in [-0.15, -0.1) is 0 Å². The van der Waals surface area contributed by atoms with Crippen molar-refractivity contribution in [3.8, 4) is 0 Å². The largest absolute Gasteiger partial charge is 0.329 e. The first-order valence-electron chi connectivity index (χ1n) is 8.36. The van der Waals surface area contributed by atoms with Gasteiger partial charge in [-0.05, 0) is 56.2 Å². The molecule has 0 aromatic heterocycles. The molecule has 2 heteroatoms. The molecule has 0 radical (unpaired) electrons. The summed E-state index contributed by atoms with van der Waals surface area (Å²) >= 11 is 0. The van der Waals surface area contributed by atoms with Gasteiger partial charge < -0.3 is 5.73 Å². The van der Waals surface area contributed by atoms with Gasteiger partial charge in [0.15, 0.2) is 0 Å². The molecular formula is C18H28N2. The molecule has 1 aromatic carbocycles. The van der Waals surface area contributed by atoms with Crippen LogP contribution in [0.1, 0.15) is 68.5 Å². The minimum atomic E-state index is 0.417. The smallest absolute Gasteiger partial charge is 0.0476 e. The van der Waals surface area contributed by atoms with Gasteiger partial charge in [0.25, 0.3) is 0 Å². The van der Waals surface area contributed by atoms with E-state index >= 15 is 0 Å². The van der Waals surface area contributed by atoms with E-state index in [0.29, 0.717) is 12.1 Å². The van der Waals surface area contributed by atoms with Crippen molar-refractivity contribution >= 4 is 0 Å². The van der Waals surface area contributed by atoms with Crippen LogP contribution >= 0.6 is 0 Å². The van der Waals surface area contributed by atoms with Crippen LogP contribution in [0.2, 0.25) is 0 Å². The molecule has 110 valence electrons. The molecule has 2 atom stereocenters. The van der Waals surface area contributed by atoms with Crippen molar-refractivity contribution in [2.24, 2.45) is 5.73 Å². The molecule has 1 aliphatic carbocycles. The second-order valence-electron chi connectivity index (χ2n) is 6.59. The maximum Gasteiger partial charge on any atom is 0.0476 e. The Labute approximate surface area is 123 Å². The van der Waals surface area contributed by atoms with Gasteiger partial charge in [-0.1, -0.05) is 37.1 Å². The maximum absolute atomic E-state index is 6.20. The lowest BCUT2D eigenvalue weighted by Gasteiger charge is -2.36. The Balaban J connectivity index is 1.88. The second-order valence-corrected chi connectivity index (χ2v) is 6.59. The standard InChI is InChI=1S/C18H28N2/c1-14-7-3-2-6-12-20(14)18(13-19)17-9-5-4-8-16(17)15-10-11-15/h4-5,8-9,14-15,18H,2-3,6-7,10-13,19H2,1H3. The minimum absolute atomic E-state index is 0.417. The van der Waals surface area contributed by atoms with Crippen LogP contribution in [-0.4, -0.2) is 24.0 Å². The summed E-state index contributed by atoms with van der Waals surface area (Å²) in [5.74, 6) is 0.808. The van der Waals surface area contributed by atoms with Gasteiger partial charge in [0, 0.05) is 18.6 Å². The van der Waals surface area contributed by atoms with Gasteiger partial charge >= 0.3 is 0 Å². The molecule has 3 rings (SSSR count). The topological polar surface area (TPSA) is 29.3 Å². The summed E-state index contributed by atoms with van der Waals surface area (Å²) < 4.78 is 0. The third-order valence-corrected chi connectivity index (χ3v) is 5.10. The summed E-state index contributed by atoms with van der Waals surface area (Å²) in [6.45, 7) is 4.34. The van der Waals surface area contributed by atoms with Gasteiger partial charge in [-0.2, -0.15) is 0 Å². The van der Waals surface area contributed by atoms with Crippen LogP contribution in [0, 0.1) is 0 Å². The normalized spacial score (nSPS) is 26.2. The predicted octanol–water partition coefficient (Wildman–Crippen LogP) is 3.83. The Morgan fingerprint density at radius 1 is 1.15 bits per heavy atom. The van der Waals surface area contributed by atoms with Crippen molar-refractivity contribution in [1.29, 1.82) is 0 Å². The highest BCUT2D eigenvalue weighted by molar-refractivity contribution is 5.36. The first-order chi connectivity index (χ1) is 9.81.